The fourth-order valence-corrected chi connectivity index (χ4v) is 2.85. The molecule has 0 saturated carbocycles. The molecule has 7 nitrogen and oxygen atoms in total. The smallest absolute Gasteiger partial charge is 0.410 e. The zero-order valence-corrected chi connectivity index (χ0v) is 16.2. The fraction of sp³-hybridized carbons (Fsp3) is 0.579. The number of amides is 2. The summed E-state index contributed by atoms with van der Waals surface area (Å²) in [6.07, 6.45) is 0.337. The predicted octanol–water partition coefficient (Wildman–Crippen LogP) is 2.79. The van der Waals surface area contributed by atoms with E-state index in [0.29, 0.717) is 49.7 Å². The Morgan fingerprint density at radius 1 is 0.923 bits per heavy atom. The van der Waals surface area contributed by atoms with Crippen molar-refractivity contribution in [3.8, 4) is 11.5 Å². The van der Waals surface area contributed by atoms with Gasteiger partial charge in [-0.25, -0.2) is 4.79 Å². The summed E-state index contributed by atoms with van der Waals surface area (Å²) in [7, 11) is 3.05. The maximum absolute atomic E-state index is 13.0. The van der Waals surface area contributed by atoms with E-state index in [1.807, 2.05) is 20.8 Å². The molecule has 0 atom stereocenters. The van der Waals surface area contributed by atoms with Crippen LogP contribution < -0.4 is 9.47 Å². The predicted molar refractivity (Wildman–Crippen MR) is 97.9 cm³/mol. The molecule has 1 aliphatic rings. The molecule has 1 aliphatic heterocycles. The Kier molecular flexibility index (Phi) is 6.34. The molecular weight excluding hydrogens is 336 g/mol. The van der Waals surface area contributed by atoms with E-state index < -0.39 is 5.60 Å². The summed E-state index contributed by atoms with van der Waals surface area (Å²) >= 11 is 0. The fourth-order valence-electron chi connectivity index (χ4n) is 2.85. The third kappa shape index (κ3) is 4.80. The Labute approximate surface area is 154 Å². The molecule has 0 aliphatic carbocycles. The number of hydrogen-bond acceptors (Lipinski definition) is 5. The minimum atomic E-state index is -0.538. The second-order valence-electron chi connectivity index (χ2n) is 7.15. The minimum Gasteiger partial charge on any atom is -0.496 e. The first kappa shape index (κ1) is 19.9. The van der Waals surface area contributed by atoms with Crippen molar-refractivity contribution in [3.63, 3.8) is 0 Å². The van der Waals surface area contributed by atoms with Crippen molar-refractivity contribution in [2.24, 2.45) is 0 Å². The Bertz CT molecular complexity index is 632. The van der Waals surface area contributed by atoms with Gasteiger partial charge in [0.1, 0.15) is 22.7 Å². The number of nitrogens with zero attached hydrogens (tertiary/aromatic N) is 2. The van der Waals surface area contributed by atoms with Crippen LogP contribution in [0.5, 0.6) is 11.5 Å². The molecule has 0 aromatic heterocycles. The van der Waals surface area contributed by atoms with Crippen LogP contribution in [0.4, 0.5) is 4.79 Å². The van der Waals surface area contributed by atoms with Gasteiger partial charge in [-0.15, -0.1) is 0 Å². The quantitative estimate of drug-likeness (QED) is 0.825. The molecule has 1 aromatic carbocycles. The molecule has 2 rings (SSSR count). The van der Waals surface area contributed by atoms with Crippen LogP contribution in [-0.2, 0) is 4.74 Å². The molecule has 0 bridgehead atoms. The van der Waals surface area contributed by atoms with Crippen LogP contribution >= 0.6 is 0 Å². The second kappa shape index (κ2) is 8.29. The number of ether oxygens (including phenoxy) is 3. The van der Waals surface area contributed by atoms with E-state index >= 15 is 0 Å². The first-order valence-corrected chi connectivity index (χ1v) is 8.75. The molecule has 2 amide bonds. The molecule has 144 valence electrons. The molecule has 26 heavy (non-hydrogen) atoms. The van der Waals surface area contributed by atoms with Crippen LogP contribution in [0.15, 0.2) is 18.2 Å². The van der Waals surface area contributed by atoms with Crippen LogP contribution in [0.3, 0.4) is 0 Å². The lowest BCUT2D eigenvalue weighted by molar-refractivity contribution is 0.0255. The molecule has 1 fully saturated rings. The molecule has 0 radical (unpaired) electrons. The third-order valence-electron chi connectivity index (χ3n) is 4.08. The van der Waals surface area contributed by atoms with E-state index in [1.165, 1.54) is 14.2 Å². The first-order valence-electron chi connectivity index (χ1n) is 8.75. The molecule has 1 heterocycles. The monoisotopic (exact) mass is 364 g/mol. The van der Waals surface area contributed by atoms with Gasteiger partial charge in [0.25, 0.3) is 5.91 Å². The zero-order chi connectivity index (χ0) is 19.3. The topological polar surface area (TPSA) is 68.3 Å². The summed E-state index contributed by atoms with van der Waals surface area (Å²) in [5.41, 5.74) is -0.132. The van der Waals surface area contributed by atoms with Crippen LogP contribution in [0, 0.1) is 0 Å². The van der Waals surface area contributed by atoms with Crippen molar-refractivity contribution in [1.29, 1.82) is 0 Å². The zero-order valence-electron chi connectivity index (χ0n) is 16.2. The van der Waals surface area contributed by atoms with Gasteiger partial charge in [-0.2, -0.15) is 0 Å². The number of benzene rings is 1. The second-order valence-corrected chi connectivity index (χ2v) is 7.15. The molecule has 0 unspecified atom stereocenters. The van der Waals surface area contributed by atoms with E-state index in [0.717, 1.165) is 0 Å². The van der Waals surface area contributed by atoms with Crippen molar-refractivity contribution < 1.29 is 23.8 Å². The summed E-state index contributed by atoms with van der Waals surface area (Å²) in [6, 6.07) is 5.25. The highest BCUT2D eigenvalue weighted by molar-refractivity contribution is 5.99. The summed E-state index contributed by atoms with van der Waals surface area (Å²) in [5, 5.41) is 0. The lowest BCUT2D eigenvalue weighted by Gasteiger charge is -2.26. The lowest BCUT2D eigenvalue weighted by Crippen LogP contribution is -2.40. The van der Waals surface area contributed by atoms with E-state index in [9.17, 15) is 9.59 Å². The molecule has 0 spiro atoms. The van der Waals surface area contributed by atoms with Crippen LogP contribution in [0.2, 0.25) is 0 Å². The Hall–Kier alpha value is -2.44. The van der Waals surface area contributed by atoms with E-state index in [2.05, 4.69) is 0 Å². The lowest BCUT2D eigenvalue weighted by atomic mass is 10.1. The highest BCUT2D eigenvalue weighted by Crippen LogP contribution is 2.30. The van der Waals surface area contributed by atoms with Crippen molar-refractivity contribution >= 4 is 12.0 Å². The summed E-state index contributed by atoms with van der Waals surface area (Å²) in [5.74, 6) is 0.788. The van der Waals surface area contributed by atoms with E-state index in [1.54, 1.807) is 28.0 Å². The maximum Gasteiger partial charge on any atom is 0.410 e. The Morgan fingerprint density at radius 2 is 1.46 bits per heavy atom. The summed E-state index contributed by atoms with van der Waals surface area (Å²) in [4.78, 5) is 28.7. The first-order chi connectivity index (χ1) is 12.3. The molecule has 1 saturated heterocycles. The van der Waals surface area contributed by atoms with Crippen molar-refractivity contribution in [2.75, 3.05) is 40.4 Å². The van der Waals surface area contributed by atoms with Crippen LogP contribution in [0.1, 0.15) is 37.6 Å². The van der Waals surface area contributed by atoms with Gasteiger partial charge in [0, 0.05) is 26.2 Å². The maximum atomic E-state index is 13.0. The van der Waals surface area contributed by atoms with Gasteiger partial charge >= 0.3 is 6.09 Å². The standard InChI is InChI=1S/C19H28N2O5/c1-19(2,3)26-18(23)21-11-7-10-20(12-13-21)17(22)16-14(24-4)8-6-9-15(16)25-5/h6,8-9H,7,10-13H2,1-5H3. The highest BCUT2D eigenvalue weighted by atomic mass is 16.6. The van der Waals surface area contributed by atoms with E-state index in [4.69, 9.17) is 14.2 Å². The molecule has 7 heteroatoms. The number of carbonyl (C=O) groups excluding carboxylic acids is 2. The van der Waals surface area contributed by atoms with Crippen LogP contribution in [0.25, 0.3) is 0 Å². The minimum absolute atomic E-state index is 0.162. The van der Waals surface area contributed by atoms with Crippen molar-refractivity contribution in [2.45, 2.75) is 32.8 Å². The van der Waals surface area contributed by atoms with Crippen LogP contribution in [-0.4, -0.2) is 67.8 Å². The summed E-state index contributed by atoms with van der Waals surface area (Å²) < 4.78 is 16.1. The number of hydrogen-bond donors (Lipinski definition) is 0. The largest absolute Gasteiger partial charge is 0.496 e. The van der Waals surface area contributed by atoms with Crippen molar-refractivity contribution in [3.05, 3.63) is 23.8 Å². The molecular formula is C19H28N2O5. The van der Waals surface area contributed by atoms with Gasteiger partial charge in [0.2, 0.25) is 0 Å². The van der Waals surface area contributed by atoms with E-state index in [-0.39, 0.29) is 12.0 Å². The Balaban J connectivity index is 2.12. The molecule has 0 N–H and O–H groups in total. The summed E-state index contributed by atoms with van der Waals surface area (Å²) in [6.45, 7) is 7.49. The van der Waals surface area contributed by atoms with Gasteiger partial charge in [0.15, 0.2) is 0 Å². The van der Waals surface area contributed by atoms with Gasteiger partial charge in [-0.05, 0) is 39.3 Å². The average molecular weight is 364 g/mol. The normalized spacial score (nSPS) is 15.3. The van der Waals surface area contributed by atoms with Gasteiger partial charge in [0.05, 0.1) is 14.2 Å². The van der Waals surface area contributed by atoms with Gasteiger partial charge in [-0.3, -0.25) is 4.79 Å². The number of methoxy groups -OCH3 is 2. The average Bonchev–Trinajstić information content (AvgIpc) is 2.85. The molecule has 1 aromatic rings. The Morgan fingerprint density at radius 3 is 2.00 bits per heavy atom. The number of carbonyl (C=O) groups is 2. The van der Waals surface area contributed by atoms with Gasteiger partial charge in [-0.1, -0.05) is 6.07 Å². The number of rotatable bonds is 3. The van der Waals surface area contributed by atoms with Crippen molar-refractivity contribution in [1.82, 2.24) is 9.80 Å². The highest BCUT2D eigenvalue weighted by Gasteiger charge is 2.28. The van der Waals surface area contributed by atoms with Gasteiger partial charge < -0.3 is 24.0 Å². The third-order valence-corrected chi connectivity index (χ3v) is 4.08. The SMILES string of the molecule is COc1cccc(OC)c1C(=O)N1CCCN(C(=O)OC(C)(C)C)CC1.